The first-order chi connectivity index (χ1) is 13.1. The fraction of sp³-hybridized carbons (Fsp3) is 0.550. The lowest BCUT2D eigenvalue weighted by atomic mass is 9.74. The Morgan fingerprint density at radius 3 is 2.78 bits per heavy atom. The molecule has 6 nitrogen and oxygen atoms in total. The molecule has 2 atom stereocenters. The molecule has 3 heterocycles. The molecular weight excluding hydrogens is 345 g/mol. The quantitative estimate of drug-likeness (QED) is 0.898. The zero-order valence-electron chi connectivity index (χ0n) is 15.3. The summed E-state index contributed by atoms with van der Waals surface area (Å²) in [6, 6.07) is 6.65. The maximum atomic E-state index is 13.2. The Balaban J connectivity index is 1.36. The van der Waals surface area contributed by atoms with E-state index in [-0.39, 0.29) is 29.1 Å². The first-order valence-electron chi connectivity index (χ1n) is 9.78. The molecule has 5 rings (SSSR count). The van der Waals surface area contributed by atoms with Gasteiger partial charge >= 0.3 is 0 Å². The van der Waals surface area contributed by atoms with Gasteiger partial charge in [0.25, 0.3) is 0 Å². The van der Waals surface area contributed by atoms with Crippen molar-refractivity contribution in [2.24, 2.45) is 11.3 Å². The van der Waals surface area contributed by atoms with Gasteiger partial charge in [-0.2, -0.15) is 5.10 Å². The van der Waals surface area contributed by atoms with E-state index >= 15 is 0 Å². The van der Waals surface area contributed by atoms with E-state index in [1.54, 1.807) is 6.33 Å². The Kier molecular flexibility index (Phi) is 4.00. The smallest absolute Gasteiger partial charge is 0.223 e. The van der Waals surface area contributed by atoms with Crippen LogP contribution >= 0.6 is 0 Å². The maximum Gasteiger partial charge on any atom is 0.223 e. The molecule has 1 aliphatic carbocycles. The van der Waals surface area contributed by atoms with Crippen molar-refractivity contribution in [2.45, 2.75) is 44.8 Å². The highest BCUT2D eigenvalue weighted by molar-refractivity contribution is 5.81. The first kappa shape index (κ1) is 16.9. The van der Waals surface area contributed by atoms with Gasteiger partial charge < -0.3 is 5.32 Å². The second-order valence-electron chi connectivity index (χ2n) is 8.26. The van der Waals surface area contributed by atoms with Crippen LogP contribution < -0.4 is 5.32 Å². The average molecular weight is 369 g/mol. The number of rotatable bonds is 4. The van der Waals surface area contributed by atoms with E-state index in [9.17, 15) is 9.18 Å². The van der Waals surface area contributed by atoms with E-state index in [2.05, 4.69) is 20.3 Å². The van der Waals surface area contributed by atoms with Gasteiger partial charge in [0.2, 0.25) is 5.91 Å². The minimum atomic E-state index is -0.203. The standard InChI is InChI=1S/C20H24FN5O/c21-16-5-1-14(2-6-16)11-25-9-7-20(12-25)8-10-26-18(22-13-23-26)17(20)24-19(27)15-3-4-15/h1-2,5-6,13,15,17H,3-4,7-12H2,(H,24,27)/t17-,20-/m1/s1. The summed E-state index contributed by atoms with van der Waals surface area (Å²) in [7, 11) is 0. The normalized spacial score (nSPS) is 27.7. The summed E-state index contributed by atoms with van der Waals surface area (Å²) in [4.78, 5) is 19.4. The summed E-state index contributed by atoms with van der Waals surface area (Å²) in [6.07, 6.45) is 5.59. The van der Waals surface area contributed by atoms with Gasteiger partial charge in [0, 0.05) is 31.0 Å². The number of fused-ring (bicyclic) bond motifs is 1. The van der Waals surface area contributed by atoms with Gasteiger partial charge in [-0.15, -0.1) is 0 Å². The molecule has 1 spiro atoms. The zero-order chi connectivity index (χ0) is 18.4. The number of likely N-dealkylation sites (tertiary alicyclic amines) is 1. The fourth-order valence-electron chi connectivity index (χ4n) is 4.65. The SMILES string of the molecule is O=C(N[C@@H]1c2ncnn2CC[C@@]12CCN(Cc1ccc(F)cc1)C2)C1CC1. The number of hydrogen-bond donors (Lipinski definition) is 1. The molecule has 3 aliphatic rings. The van der Waals surface area contributed by atoms with Crippen LogP contribution in [0.3, 0.4) is 0 Å². The van der Waals surface area contributed by atoms with Crippen molar-refractivity contribution in [3.8, 4) is 0 Å². The predicted octanol–water partition coefficient (Wildman–Crippen LogP) is 2.28. The lowest BCUT2D eigenvalue weighted by Crippen LogP contribution is -2.48. The number of nitrogens with one attached hydrogen (secondary N) is 1. The Morgan fingerprint density at radius 2 is 2.00 bits per heavy atom. The molecule has 0 bridgehead atoms. The number of carbonyl (C=O) groups excluding carboxylic acids is 1. The summed E-state index contributed by atoms with van der Waals surface area (Å²) >= 11 is 0. The minimum absolute atomic E-state index is 0.00634. The van der Waals surface area contributed by atoms with Crippen LogP contribution in [0.15, 0.2) is 30.6 Å². The van der Waals surface area contributed by atoms with Gasteiger partial charge in [-0.25, -0.2) is 14.1 Å². The Morgan fingerprint density at radius 1 is 1.22 bits per heavy atom. The Hall–Kier alpha value is -2.28. The highest BCUT2D eigenvalue weighted by Crippen LogP contribution is 2.48. The number of nitrogens with zero attached hydrogens (tertiary/aromatic N) is 4. The molecule has 2 fully saturated rings. The van der Waals surface area contributed by atoms with Crippen LogP contribution in [-0.2, 0) is 17.9 Å². The van der Waals surface area contributed by atoms with Crippen LogP contribution in [0.25, 0.3) is 0 Å². The summed E-state index contributed by atoms with van der Waals surface area (Å²) in [5.74, 6) is 1.02. The second-order valence-corrected chi connectivity index (χ2v) is 8.26. The number of amides is 1. The van der Waals surface area contributed by atoms with E-state index in [0.29, 0.717) is 0 Å². The summed E-state index contributed by atoms with van der Waals surface area (Å²) in [5, 5.41) is 7.64. The van der Waals surface area contributed by atoms with Crippen molar-refractivity contribution in [1.82, 2.24) is 25.0 Å². The molecule has 7 heteroatoms. The van der Waals surface area contributed by atoms with E-state index in [1.807, 2.05) is 16.8 Å². The van der Waals surface area contributed by atoms with Gasteiger partial charge in [-0.05, 0) is 49.9 Å². The molecule has 2 aliphatic heterocycles. The lowest BCUT2D eigenvalue weighted by Gasteiger charge is -2.41. The zero-order valence-corrected chi connectivity index (χ0v) is 15.3. The van der Waals surface area contributed by atoms with Crippen LogP contribution in [0.5, 0.6) is 0 Å². The molecule has 0 unspecified atom stereocenters. The highest BCUT2D eigenvalue weighted by Gasteiger charge is 2.50. The van der Waals surface area contributed by atoms with Crippen molar-refractivity contribution < 1.29 is 9.18 Å². The monoisotopic (exact) mass is 369 g/mol. The molecular formula is C20H24FN5O. The van der Waals surface area contributed by atoms with Crippen LogP contribution in [0, 0.1) is 17.2 Å². The molecule has 1 aromatic carbocycles. The molecule has 1 amide bonds. The fourth-order valence-corrected chi connectivity index (χ4v) is 4.65. The van der Waals surface area contributed by atoms with Gasteiger partial charge in [-0.3, -0.25) is 9.69 Å². The Labute approximate surface area is 157 Å². The van der Waals surface area contributed by atoms with Crippen molar-refractivity contribution >= 4 is 5.91 Å². The predicted molar refractivity (Wildman–Crippen MR) is 97.0 cm³/mol. The van der Waals surface area contributed by atoms with Crippen LogP contribution in [0.4, 0.5) is 4.39 Å². The second kappa shape index (κ2) is 6.41. The van der Waals surface area contributed by atoms with Gasteiger partial charge in [-0.1, -0.05) is 12.1 Å². The van der Waals surface area contributed by atoms with Crippen LogP contribution in [0.2, 0.25) is 0 Å². The largest absolute Gasteiger partial charge is 0.345 e. The number of aromatic nitrogens is 3. The van der Waals surface area contributed by atoms with Crippen LogP contribution in [0.1, 0.15) is 43.1 Å². The molecule has 1 N–H and O–H groups in total. The number of hydrogen-bond acceptors (Lipinski definition) is 4. The summed E-state index contributed by atoms with van der Waals surface area (Å²) in [5.41, 5.74) is 1.11. The molecule has 2 aromatic rings. The third-order valence-corrected chi connectivity index (χ3v) is 6.36. The third kappa shape index (κ3) is 3.14. The van der Waals surface area contributed by atoms with Gasteiger partial charge in [0.1, 0.15) is 18.0 Å². The lowest BCUT2D eigenvalue weighted by molar-refractivity contribution is -0.124. The molecule has 0 radical (unpaired) electrons. The molecule has 142 valence electrons. The number of benzene rings is 1. The maximum absolute atomic E-state index is 13.2. The molecule has 27 heavy (non-hydrogen) atoms. The average Bonchev–Trinajstić information content (AvgIpc) is 3.28. The third-order valence-electron chi connectivity index (χ3n) is 6.36. The summed E-state index contributed by atoms with van der Waals surface area (Å²) in [6.45, 7) is 3.53. The summed E-state index contributed by atoms with van der Waals surface area (Å²) < 4.78 is 15.1. The van der Waals surface area contributed by atoms with E-state index in [1.165, 1.54) is 12.1 Å². The van der Waals surface area contributed by atoms with Gasteiger partial charge in [0.05, 0.1) is 6.04 Å². The van der Waals surface area contributed by atoms with Crippen molar-refractivity contribution in [2.75, 3.05) is 13.1 Å². The first-order valence-corrected chi connectivity index (χ1v) is 9.78. The van der Waals surface area contributed by atoms with Crippen molar-refractivity contribution in [1.29, 1.82) is 0 Å². The van der Waals surface area contributed by atoms with Crippen molar-refractivity contribution in [3.05, 3.63) is 47.8 Å². The van der Waals surface area contributed by atoms with Crippen molar-refractivity contribution in [3.63, 3.8) is 0 Å². The van der Waals surface area contributed by atoms with E-state index in [4.69, 9.17) is 0 Å². The number of carbonyl (C=O) groups is 1. The molecule has 1 aromatic heterocycles. The number of aryl methyl sites for hydroxylation is 1. The minimum Gasteiger partial charge on any atom is -0.345 e. The van der Waals surface area contributed by atoms with E-state index < -0.39 is 0 Å². The Bertz CT molecular complexity index is 846. The van der Waals surface area contributed by atoms with Gasteiger partial charge in [0.15, 0.2) is 0 Å². The van der Waals surface area contributed by atoms with E-state index in [0.717, 1.165) is 63.3 Å². The molecule has 1 saturated carbocycles. The van der Waals surface area contributed by atoms with Crippen LogP contribution in [-0.4, -0.2) is 38.7 Å². The number of halogens is 1. The highest BCUT2D eigenvalue weighted by atomic mass is 19.1. The topological polar surface area (TPSA) is 63.1 Å². The molecule has 1 saturated heterocycles.